The first-order valence-electron chi connectivity index (χ1n) is 12.2. The Labute approximate surface area is 219 Å². The second-order valence-corrected chi connectivity index (χ2v) is 15.9. The highest BCUT2D eigenvalue weighted by molar-refractivity contribution is 6.76. The van der Waals surface area contributed by atoms with Crippen molar-refractivity contribution in [1.82, 2.24) is 29.6 Å². The molecule has 0 aromatic carbocycles. The van der Waals surface area contributed by atoms with Gasteiger partial charge in [0.25, 0.3) is 0 Å². The smallest absolute Gasteiger partial charge is 0.475 e. The van der Waals surface area contributed by atoms with Gasteiger partial charge in [-0.2, -0.15) is 23.5 Å². The number of carbonyl (C=O) groups is 1. The molecule has 14 heteroatoms. The molecule has 0 spiro atoms. The third-order valence-corrected chi connectivity index (χ3v) is 7.89. The molecule has 1 saturated heterocycles. The highest BCUT2D eigenvalue weighted by Crippen LogP contribution is 2.30. The van der Waals surface area contributed by atoms with Crippen molar-refractivity contribution in [2.75, 3.05) is 19.7 Å². The van der Waals surface area contributed by atoms with Gasteiger partial charge in [-0.1, -0.05) is 19.6 Å². The summed E-state index contributed by atoms with van der Waals surface area (Å²) >= 11 is 0. The molecule has 0 bridgehead atoms. The first kappa shape index (κ1) is 29.3. The number of nitrogens with one attached hydrogen (secondary N) is 1. The molecule has 0 radical (unpaired) electrons. The van der Waals surface area contributed by atoms with E-state index in [-0.39, 0.29) is 6.04 Å². The van der Waals surface area contributed by atoms with Crippen molar-refractivity contribution in [3.63, 3.8) is 0 Å². The summed E-state index contributed by atoms with van der Waals surface area (Å²) in [6.45, 7) is 10.3. The maximum atomic E-state index is 10.6. The van der Waals surface area contributed by atoms with Gasteiger partial charge in [-0.15, -0.1) is 0 Å². The largest absolute Gasteiger partial charge is 0.490 e. The molecule has 2 atom stereocenters. The van der Waals surface area contributed by atoms with Crippen molar-refractivity contribution in [2.24, 2.45) is 5.92 Å². The van der Waals surface area contributed by atoms with Gasteiger partial charge >= 0.3 is 12.1 Å². The Morgan fingerprint density at radius 2 is 2.11 bits per heavy atom. The van der Waals surface area contributed by atoms with E-state index in [1.807, 2.05) is 33.9 Å². The highest BCUT2D eigenvalue weighted by Gasteiger charge is 2.38. The molecule has 0 amide bonds. The van der Waals surface area contributed by atoms with Crippen LogP contribution in [0.5, 0.6) is 0 Å². The first-order chi connectivity index (χ1) is 17.9. The van der Waals surface area contributed by atoms with Gasteiger partial charge in [0.1, 0.15) is 18.7 Å². The molecule has 0 saturated carbocycles. The van der Waals surface area contributed by atoms with Crippen LogP contribution in [-0.2, 0) is 16.3 Å². The van der Waals surface area contributed by atoms with Crippen LogP contribution in [0.25, 0.3) is 22.3 Å². The minimum absolute atomic E-state index is 0.0791. The van der Waals surface area contributed by atoms with Gasteiger partial charge in [0.05, 0.1) is 30.4 Å². The summed E-state index contributed by atoms with van der Waals surface area (Å²) in [5, 5.41) is 25.4. The highest BCUT2D eigenvalue weighted by atomic mass is 28.3. The number of rotatable bonds is 9. The van der Waals surface area contributed by atoms with Gasteiger partial charge in [-0.05, 0) is 31.0 Å². The van der Waals surface area contributed by atoms with E-state index in [1.54, 1.807) is 6.33 Å². The van der Waals surface area contributed by atoms with Crippen LogP contribution in [-0.4, -0.2) is 69.3 Å². The van der Waals surface area contributed by atoms with Crippen molar-refractivity contribution in [3.05, 3.63) is 31.0 Å². The van der Waals surface area contributed by atoms with Gasteiger partial charge in [0, 0.05) is 44.6 Å². The predicted octanol–water partition coefficient (Wildman–Crippen LogP) is 4.30. The van der Waals surface area contributed by atoms with Crippen molar-refractivity contribution in [2.45, 2.75) is 57.5 Å². The first-order valence-corrected chi connectivity index (χ1v) is 15.9. The van der Waals surface area contributed by atoms with Crippen molar-refractivity contribution in [3.8, 4) is 17.3 Å². The zero-order valence-electron chi connectivity index (χ0n) is 21.6. The zero-order valence-corrected chi connectivity index (χ0v) is 22.6. The Hall–Kier alpha value is -3.28. The molecule has 2 N–H and O–H groups in total. The standard InChI is InChI=1S/C22H31N7OSi.C2HF3O2/c1-31(2,3)11-10-30-16-28-9-6-19-21(25-15-26-22(19)28)18-13-27-29(14-18)20(4-7-23)17-5-8-24-12-17;3-2(4,5)1(6)7/h6,9,13-15,17,20,24H,4-5,8,10-12,16H2,1-3H3;(H,6,7)/t17-,20-;/m0./s1. The molecular weight excluding hydrogens is 519 g/mol. The minimum Gasteiger partial charge on any atom is -0.475 e. The van der Waals surface area contributed by atoms with Crippen LogP contribution in [0, 0.1) is 17.2 Å². The summed E-state index contributed by atoms with van der Waals surface area (Å²) < 4.78 is 41.6. The van der Waals surface area contributed by atoms with E-state index in [0.717, 1.165) is 54.5 Å². The van der Waals surface area contributed by atoms with Crippen LogP contribution in [0.15, 0.2) is 31.0 Å². The maximum Gasteiger partial charge on any atom is 0.490 e. The van der Waals surface area contributed by atoms with Crippen molar-refractivity contribution >= 4 is 25.1 Å². The van der Waals surface area contributed by atoms with Crippen LogP contribution < -0.4 is 5.32 Å². The fraction of sp³-hybridized carbons (Fsp3) is 0.542. The lowest BCUT2D eigenvalue weighted by Gasteiger charge is -2.20. The molecule has 0 aliphatic carbocycles. The van der Waals surface area contributed by atoms with Gasteiger partial charge in [-0.3, -0.25) is 4.68 Å². The minimum atomic E-state index is -5.08. The SMILES string of the molecule is C[Si](C)(C)CCOCn1ccc2c(-c3cnn([C@@H](CC#N)[C@H]4CCNC4)c3)ncnc21.O=C(O)C(F)(F)F. The van der Waals surface area contributed by atoms with E-state index in [4.69, 9.17) is 14.6 Å². The van der Waals surface area contributed by atoms with Crippen molar-refractivity contribution in [1.29, 1.82) is 5.26 Å². The molecule has 4 heterocycles. The Morgan fingerprint density at radius 1 is 1.37 bits per heavy atom. The summed E-state index contributed by atoms with van der Waals surface area (Å²) in [6.07, 6.45) is 3.91. The Bertz CT molecular complexity index is 1260. The molecule has 1 fully saturated rings. The summed E-state index contributed by atoms with van der Waals surface area (Å²) in [5.41, 5.74) is 2.66. The molecule has 3 aromatic heterocycles. The average Bonchev–Trinajstić information content (AvgIpc) is 3.61. The summed E-state index contributed by atoms with van der Waals surface area (Å²) in [4.78, 5) is 17.9. The lowest BCUT2D eigenvalue weighted by Crippen LogP contribution is -2.22. The molecule has 0 unspecified atom stereocenters. The second kappa shape index (κ2) is 12.5. The molecule has 3 aromatic rings. The zero-order chi connectivity index (χ0) is 27.9. The van der Waals surface area contributed by atoms with Crippen LogP contribution in [0.2, 0.25) is 25.7 Å². The van der Waals surface area contributed by atoms with Crippen LogP contribution >= 0.6 is 0 Å². The number of nitrogens with zero attached hydrogens (tertiary/aromatic N) is 6. The van der Waals surface area contributed by atoms with E-state index in [0.29, 0.717) is 19.1 Å². The second-order valence-electron chi connectivity index (χ2n) is 10.3. The number of alkyl halides is 3. The fourth-order valence-corrected chi connectivity index (χ4v) is 4.85. The van der Waals surface area contributed by atoms with Crippen LogP contribution in [0.3, 0.4) is 0 Å². The number of halogens is 3. The van der Waals surface area contributed by atoms with Gasteiger partial charge in [0.2, 0.25) is 0 Å². The maximum absolute atomic E-state index is 10.6. The molecular formula is C24H32F3N7O3Si. The quantitative estimate of drug-likeness (QED) is 0.297. The number of carboxylic acid groups (broad SMARTS) is 1. The van der Waals surface area contributed by atoms with E-state index in [9.17, 15) is 18.4 Å². The molecule has 206 valence electrons. The Balaban J connectivity index is 0.000000505. The number of aliphatic carboxylic acids is 1. The topological polar surface area (TPSA) is 131 Å². The monoisotopic (exact) mass is 551 g/mol. The van der Waals surface area contributed by atoms with Gasteiger partial charge in [0.15, 0.2) is 0 Å². The number of hydrogen-bond acceptors (Lipinski definition) is 7. The normalized spacial score (nSPS) is 16.6. The molecule has 4 rings (SSSR count). The van der Waals surface area contributed by atoms with E-state index in [2.05, 4.69) is 46.1 Å². The molecule has 1 aliphatic heterocycles. The van der Waals surface area contributed by atoms with Crippen molar-refractivity contribution < 1.29 is 27.8 Å². The summed E-state index contributed by atoms with van der Waals surface area (Å²) in [7, 11) is -1.10. The Kier molecular flexibility index (Phi) is 9.64. The molecule has 38 heavy (non-hydrogen) atoms. The Morgan fingerprint density at radius 3 is 2.71 bits per heavy atom. The van der Waals surface area contributed by atoms with E-state index < -0.39 is 20.2 Å². The predicted molar refractivity (Wildman–Crippen MR) is 137 cm³/mol. The van der Waals surface area contributed by atoms with E-state index >= 15 is 0 Å². The lowest BCUT2D eigenvalue weighted by molar-refractivity contribution is -0.192. The number of fused-ring (bicyclic) bond motifs is 1. The number of aromatic nitrogens is 5. The summed E-state index contributed by atoms with van der Waals surface area (Å²) in [5.74, 6) is -2.33. The number of nitriles is 1. The molecule has 10 nitrogen and oxygen atoms in total. The van der Waals surface area contributed by atoms with Gasteiger partial charge < -0.3 is 19.7 Å². The number of carboxylic acids is 1. The molecule has 1 aliphatic rings. The number of hydrogen-bond donors (Lipinski definition) is 2. The van der Waals surface area contributed by atoms with E-state index in [1.165, 1.54) is 0 Å². The third kappa shape index (κ3) is 7.86. The lowest BCUT2D eigenvalue weighted by atomic mass is 9.97. The third-order valence-electron chi connectivity index (χ3n) is 6.18. The number of ether oxygens (including phenoxy) is 1. The average molecular weight is 552 g/mol. The van der Waals surface area contributed by atoms with Crippen LogP contribution in [0.4, 0.5) is 13.2 Å². The summed E-state index contributed by atoms with van der Waals surface area (Å²) in [6, 6.07) is 5.59. The fourth-order valence-electron chi connectivity index (χ4n) is 4.10. The van der Waals surface area contributed by atoms with Crippen LogP contribution in [0.1, 0.15) is 18.9 Å². The van der Waals surface area contributed by atoms with Gasteiger partial charge in [-0.25, -0.2) is 14.8 Å².